The molecule has 0 unspecified atom stereocenters. The van der Waals surface area contributed by atoms with Gasteiger partial charge in [0.1, 0.15) is 11.9 Å². The van der Waals surface area contributed by atoms with E-state index in [4.69, 9.17) is 23.2 Å². The van der Waals surface area contributed by atoms with Gasteiger partial charge in [-0.15, -0.1) is 0 Å². The van der Waals surface area contributed by atoms with Crippen LogP contribution < -0.4 is 9.62 Å². The summed E-state index contributed by atoms with van der Waals surface area (Å²) < 4.78 is 39.2. The molecule has 0 fully saturated rings. The molecule has 1 N–H and O–H groups in total. The molecule has 1 atom stereocenters. The molecule has 0 saturated carbocycles. The zero-order valence-electron chi connectivity index (χ0n) is 15.0. The third kappa shape index (κ3) is 5.12. The first-order chi connectivity index (χ1) is 12.5. The number of carbonyl (C=O) groups is 1. The van der Waals surface area contributed by atoms with Crippen LogP contribution in [-0.2, 0) is 14.8 Å². The summed E-state index contributed by atoms with van der Waals surface area (Å²) in [7, 11) is -3.78. The molecule has 0 bridgehead atoms. The third-order valence-corrected chi connectivity index (χ3v) is 5.80. The number of nitrogens with zero attached hydrogens (tertiary/aromatic N) is 1. The topological polar surface area (TPSA) is 66.5 Å². The number of halogens is 3. The lowest BCUT2D eigenvalue weighted by Crippen LogP contribution is -2.47. The van der Waals surface area contributed by atoms with E-state index in [0.717, 1.165) is 22.2 Å². The Balaban J connectivity index is 2.40. The molecule has 0 aliphatic carbocycles. The van der Waals surface area contributed by atoms with Crippen molar-refractivity contribution in [1.29, 1.82) is 0 Å². The highest BCUT2D eigenvalue weighted by Gasteiger charge is 2.31. The maximum Gasteiger partial charge on any atom is 0.248 e. The molecule has 1 amide bonds. The molecule has 9 heteroatoms. The van der Waals surface area contributed by atoms with Crippen LogP contribution in [0.5, 0.6) is 0 Å². The number of nitrogens with one attached hydrogen (secondary N) is 1. The van der Waals surface area contributed by atoms with Crippen LogP contribution >= 0.6 is 23.2 Å². The van der Waals surface area contributed by atoms with Gasteiger partial charge >= 0.3 is 0 Å². The van der Waals surface area contributed by atoms with Gasteiger partial charge in [0.2, 0.25) is 15.9 Å². The summed E-state index contributed by atoms with van der Waals surface area (Å²) in [6, 6.07) is 7.47. The van der Waals surface area contributed by atoms with E-state index in [1.165, 1.54) is 18.2 Å². The predicted molar refractivity (Wildman–Crippen MR) is 108 cm³/mol. The molecule has 5 nitrogen and oxygen atoms in total. The molecule has 0 saturated heterocycles. The van der Waals surface area contributed by atoms with Gasteiger partial charge in [-0.1, -0.05) is 36.2 Å². The van der Waals surface area contributed by atoms with E-state index in [9.17, 15) is 17.6 Å². The van der Waals surface area contributed by atoms with E-state index < -0.39 is 27.8 Å². The van der Waals surface area contributed by atoms with Crippen molar-refractivity contribution in [2.24, 2.45) is 0 Å². The molecular weight excluding hydrogens is 414 g/mol. The highest BCUT2D eigenvalue weighted by molar-refractivity contribution is 7.92. The Morgan fingerprint density at radius 2 is 1.85 bits per heavy atom. The summed E-state index contributed by atoms with van der Waals surface area (Å²) in [5, 5.41) is 2.82. The van der Waals surface area contributed by atoms with Crippen LogP contribution in [0.2, 0.25) is 10.0 Å². The van der Waals surface area contributed by atoms with E-state index in [1.807, 2.05) is 0 Å². The molecule has 2 aromatic rings. The van der Waals surface area contributed by atoms with Crippen LogP contribution in [0, 0.1) is 12.7 Å². The number of sulfonamides is 1. The second-order valence-corrected chi connectivity index (χ2v) is 8.71. The van der Waals surface area contributed by atoms with E-state index >= 15 is 0 Å². The lowest BCUT2D eigenvalue weighted by molar-refractivity contribution is -0.117. The lowest BCUT2D eigenvalue weighted by Gasteiger charge is -2.30. The van der Waals surface area contributed by atoms with E-state index in [1.54, 1.807) is 26.0 Å². The molecule has 0 aliphatic heterocycles. The number of benzene rings is 2. The summed E-state index contributed by atoms with van der Waals surface area (Å²) in [6.45, 7) is 3.48. The molecule has 27 heavy (non-hydrogen) atoms. The molecule has 2 aromatic carbocycles. The number of rotatable bonds is 6. The predicted octanol–water partition coefficient (Wildman–Crippen LogP) is 4.62. The molecule has 2 rings (SSSR count). The van der Waals surface area contributed by atoms with Crippen molar-refractivity contribution in [3.63, 3.8) is 0 Å². The fraction of sp³-hybridized carbons (Fsp3) is 0.278. The third-order valence-electron chi connectivity index (χ3n) is 3.93. The first-order valence-corrected chi connectivity index (χ1v) is 10.7. The van der Waals surface area contributed by atoms with Gasteiger partial charge in [-0.3, -0.25) is 9.10 Å². The number of hydrogen-bond acceptors (Lipinski definition) is 3. The Bertz CT molecular complexity index is 967. The number of hydrogen-bond donors (Lipinski definition) is 1. The minimum atomic E-state index is -3.78. The number of amides is 1. The van der Waals surface area contributed by atoms with E-state index in [-0.39, 0.29) is 22.8 Å². The van der Waals surface area contributed by atoms with Gasteiger partial charge in [0.25, 0.3) is 0 Å². The fourth-order valence-corrected chi connectivity index (χ4v) is 4.14. The smallest absolute Gasteiger partial charge is 0.248 e. The number of aryl methyl sites for hydroxylation is 1. The molecule has 0 heterocycles. The normalized spacial score (nSPS) is 12.5. The van der Waals surface area contributed by atoms with Crippen LogP contribution in [0.4, 0.5) is 15.8 Å². The Labute approximate surface area is 168 Å². The average molecular weight is 433 g/mol. The quantitative estimate of drug-likeness (QED) is 0.723. The zero-order valence-corrected chi connectivity index (χ0v) is 17.3. The maximum absolute atomic E-state index is 13.3. The second-order valence-electron chi connectivity index (χ2n) is 6.03. The summed E-state index contributed by atoms with van der Waals surface area (Å²) >= 11 is 11.9. The molecule has 146 valence electrons. The molecular formula is C18H19Cl2FN2O3S. The largest absolute Gasteiger partial charge is 0.324 e. The summed E-state index contributed by atoms with van der Waals surface area (Å²) in [5.41, 5.74) is 1.33. The molecule has 0 spiro atoms. The monoisotopic (exact) mass is 432 g/mol. The van der Waals surface area contributed by atoms with Crippen molar-refractivity contribution < 1.29 is 17.6 Å². The SMILES string of the molecule is CC[C@H](C(=O)Nc1ccc(F)c(Cl)c1)N(c1ccc(C)c(Cl)c1)S(C)(=O)=O. The highest BCUT2D eigenvalue weighted by atomic mass is 35.5. The van der Waals surface area contributed by atoms with Crippen LogP contribution in [0.25, 0.3) is 0 Å². The van der Waals surface area contributed by atoms with Gasteiger partial charge in [0, 0.05) is 10.7 Å². The summed E-state index contributed by atoms with van der Waals surface area (Å²) in [6.07, 6.45) is 1.23. The summed E-state index contributed by atoms with van der Waals surface area (Å²) in [4.78, 5) is 12.8. The average Bonchev–Trinajstić information content (AvgIpc) is 2.57. The van der Waals surface area contributed by atoms with Crippen LogP contribution in [-0.4, -0.2) is 26.6 Å². The van der Waals surface area contributed by atoms with Crippen molar-refractivity contribution >= 4 is 50.5 Å². The minimum absolute atomic E-state index is 0.147. The van der Waals surface area contributed by atoms with Crippen LogP contribution in [0.1, 0.15) is 18.9 Å². The Morgan fingerprint density at radius 1 is 1.19 bits per heavy atom. The fourth-order valence-electron chi connectivity index (χ4n) is 2.58. The van der Waals surface area contributed by atoms with Crippen molar-refractivity contribution in [1.82, 2.24) is 0 Å². The Kier molecular flexibility index (Phi) is 6.72. The standard InChI is InChI=1S/C18H19Cl2FN2O3S/c1-4-17(18(24)22-12-6-8-16(21)15(20)9-12)23(27(3,25)26)13-7-5-11(2)14(19)10-13/h5-10,17H,4H2,1-3H3,(H,22,24)/t17-/m1/s1. The van der Waals surface area contributed by atoms with Gasteiger partial charge < -0.3 is 5.32 Å². The number of anilines is 2. The van der Waals surface area contributed by atoms with Crippen molar-refractivity contribution in [3.05, 3.63) is 57.8 Å². The Morgan fingerprint density at radius 3 is 2.37 bits per heavy atom. The van der Waals surface area contributed by atoms with Crippen LogP contribution in [0.15, 0.2) is 36.4 Å². The van der Waals surface area contributed by atoms with Crippen LogP contribution in [0.3, 0.4) is 0 Å². The maximum atomic E-state index is 13.3. The van der Waals surface area contributed by atoms with Gasteiger partial charge in [0.15, 0.2) is 0 Å². The van der Waals surface area contributed by atoms with Gasteiger partial charge in [-0.2, -0.15) is 0 Å². The van der Waals surface area contributed by atoms with Gasteiger partial charge in [-0.25, -0.2) is 12.8 Å². The van der Waals surface area contributed by atoms with Crippen molar-refractivity contribution in [2.75, 3.05) is 15.9 Å². The van der Waals surface area contributed by atoms with Crippen molar-refractivity contribution in [3.8, 4) is 0 Å². The zero-order chi connectivity index (χ0) is 20.4. The lowest BCUT2D eigenvalue weighted by atomic mass is 10.1. The van der Waals surface area contributed by atoms with E-state index in [0.29, 0.717) is 5.02 Å². The molecule has 0 radical (unpaired) electrons. The second kappa shape index (κ2) is 8.46. The van der Waals surface area contributed by atoms with Gasteiger partial charge in [-0.05, 0) is 49.2 Å². The number of carbonyl (C=O) groups excluding carboxylic acids is 1. The first-order valence-electron chi connectivity index (χ1n) is 8.06. The van der Waals surface area contributed by atoms with Crippen molar-refractivity contribution in [2.45, 2.75) is 26.3 Å². The van der Waals surface area contributed by atoms with E-state index in [2.05, 4.69) is 5.32 Å². The minimum Gasteiger partial charge on any atom is -0.324 e. The summed E-state index contributed by atoms with van der Waals surface area (Å²) in [5.74, 6) is -1.18. The Hall–Kier alpha value is -1.83. The first kappa shape index (κ1) is 21.5. The van der Waals surface area contributed by atoms with Gasteiger partial charge in [0.05, 0.1) is 17.0 Å². The molecule has 0 aliphatic rings. The molecule has 0 aromatic heterocycles. The highest BCUT2D eigenvalue weighted by Crippen LogP contribution is 2.28.